The number of aromatic nitrogens is 1. The molecule has 2 unspecified atom stereocenters. The molecule has 0 bridgehead atoms. The standard InChI is InChI=1S/C35H47N3O2/c1-20(2)26-14-11-15-27(21(3)4)32(26)34(39)36-24(9)30-18-13-19-31(38-30)25(10)37-35(40)33-28(22(5)6)16-12-17-29(33)23(7)8/h11-25H,1-10H3,(H,36,39)(H,37,40). The highest BCUT2D eigenvalue weighted by Crippen LogP contribution is 2.30. The molecule has 0 radical (unpaired) electrons. The topological polar surface area (TPSA) is 71.1 Å². The molecule has 0 spiro atoms. The second-order valence-electron chi connectivity index (χ2n) is 12.1. The van der Waals surface area contributed by atoms with E-state index in [1.54, 1.807) is 0 Å². The Morgan fingerprint density at radius 3 is 1.05 bits per heavy atom. The molecule has 3 rings (SSSR count). The number of hydrogen-bond donors (Lipinski definition) is 2. The van der Waals surface area contributed by atoms with Gasteiger partial charge in [-0.25, -0.2) is 0 Å². The van der Waals surface area contributed by atoms with Gasteiger partial charge in [0.1, 0.15) is 0 Å². The molecule has 2 amide bonds. The van der Waals surface area contributed by atoms with Crippen LogP contribution in [0.25, 0.3) is 0 Å². The predicted molar refractivity (Wildman–Crippen MR) is 165 cm³/mol. The molecule has 3 aromatic rings. The lowest BCUT2D eigenvalue weighted by Gasteiger charge is -2.23. The lowest BCUT2D eigenvalue weighted by molar-refractivity contribution is 0.0930. The Hall–Kier alpha value is -3.47. The van der Waals surface area contributed by atoms with Crippen LogP contribution in [0, 0.1) is 0 Å². The van der Waals surface area contributed by atoms with Crippen LogP contribution in [0.3, 0.4) is 0 Å². The Kier molecular flexibility index (Phi) is 10.3. The second-order valence-corrected chi connectivity index (χ2v) is 12.1. The summed E-state index contributed by atoms with van der Waals surface area (Å²) < 4.78 is 0. The third kappa shape index (κ3) is 6.99. The molecule has 1 aromatic heterocycles. The molecule has 214 valence electrons. The summed E-state index contributed by atoms with van der Waals surface area (Å²) in [5.41, 5.74) is 7.25. The molecule has 5 nitrogen and oxygen atoms in total. The van der Waals surface area contributed by atoms with Gasteiger partial charge < -0.3 is 10.6 Å². The zero-order valence-electron chi connectivity index (χ0n) is 25.9. The van der Waals surface area contributed by atoms with Gasteiger partial charge in [-0.3, -0.25) is 14.6 Å². The molecule has 0 fully saturated rings. The van der Waals surface area contributed by atoms with Gasteiger partial charge in [-0.05, 0) is 71.9 Å². The van der Waals surface area contributed by atoms with Crippen LogP contribution in [0.15, 0.2) is 54.6 Å². The quantitative estimate of drug-likeness (QED) is 0.270. The van der Waals surface area contributed by atoms with E-state index in [1.165, 1.54) is 0 Å². The zero-order valence-corrected chi connectivity index (χ0v) is 25.9. The summed E-state index contributed by atoms with van der Waals surface area (Å²) in [6.45, 7) is 20.8. The second kappa shape index (κ2) is 13.3. The van der Waals surface area contributed by atoms with Crippen molar-refractivity contribution in [3.63, 3.8) is 0 Å². The van der Waals surface area contributed by atoms with Crippen molar-refractivity contribution < 1.29 is 9.59 Å². The minimum absolute atomic E-state index is 0.0828. The van der Waals surface area contributed by atoms with E-state index in [0.717, 1.165) is 44.8 Å². The number of rotatable bonds is 10. The average molecular weight is 542 g/mol. The maximum Gasteiger partial charge on any atom is 0.252 e. The molecule has 0 aliphatic carbocycles. The average Bonchev–Trinajstić information content (AvgIpc) is 2.91. The van der Waals surface area contributed by atoms with Gasteiger partial charge in [0.05, 0.1) is 23.5 Å². The smallest absolute Gasteiger partial charge is 0.252 e. The van der Waals surface area contributed by atoms with Crippen LogP contribution >= 0.6 is 0 Å². The molecule has 0 saturated heterocycles. The lowest BCUT2D eigenvalue weighted by atomic mass is 9.88. The molecular formula is C35H47N3O2. The Balaban J connectivity index is 1.84. The molecule has 2 aromatic carbocycles. The fourth-order valence-corrected chi connectivity index (χ4v) is 5.26. The summed E-state index contributed by atoms with van der Waals surface area (Å²) in [5, 5.41) is 6.37. The minimum atomic E-state index is -0.301. The SMILES string of the molecule is CC(C)c1cccc(C(C)C)c1C(=O)NC(C)c1cccc(C(C)NC(=O)c2c(C(C)C)cccc2C(C)C)n1. The molecule has 0 aliphatic rings. The first-order chi connectivity index (χ1) is 18.8. The molecular weight excluding hydrogens is 494 g/mol. The van der Waals surface area contributed by atoms with Crippen LogP contribution in [0.5, 0.6) is 0 Å². The number of benzene rings is 2. The zero-order chi connectivity index (χ0) is 29.7. The van der Waals surface area contributed by atoms with E-state index in [-0.39, 0.29) is 47.6 Å². The number of nitrogens with zero attached hydrogens (tertiary/aromatic N) is 1. The van der Waals surface area contributed by atoms with Crippen molar-refractivity contribution in [3.05, 3.63) is 99.4 Å². The first-order valence-corrected chi connectivity index (χ1v) is 14.7. The van der Waals surface area contributed by atoms with Gasteiger partial charge in [-0.1, -0.05) is 97.9 Å². The summed E-state index contributed by atoms with van der Waals surface area (Å²) in [7, 11) is 0. The first kappa shape index (κ1) is 31.1. The van der Waals surface area contributed by atoms with Gasteiger partial charge in [-0.15, -0.1) is 0 Å². The monoisotopic (exact) mass is 541 g/mol. The van der Waals surface area contributed by atoms with E-state index in [9.17, 15) is 9.59 Å². The van der Waals surface area contributed by atoms with E-state index in [1.807, 2.05) is 68.4 Å². The largest absolute Gasteiger partial charge is 0.344 e. The van der Waals surface area contributed by atoms with Crippen LogP contribution in [0.2, 0.25) is 0 Å². The third-order valence-corrected chi connectivity index (χ3v) is 7.57. The van der Waals surface area contributed by atoms with Crippen molar-refractivity contribution in [2.24, 2.45) is 0 Å². The van der Waals surface area contributed by atoms with Gasteiger partial charge >= 0.3 is 0 Å². The van der Waals surface area contributed by atoms with E-state index in [0.29, 0.717) is 0 Å². The maximum absolute atomic E-state index is 13.6. The fourth-order valence-electron chi connectivity index (χ4n) is 5.26. The van der Waals surface area contributed by atoms with E-state index in [4.69, 9.17) is 4.98 Å². The van der Waals surface area contributed by atoms with Crippen LogP contribution in [0.4, 0.5) is 0 Å². The third-order valence-electron chi connectivity index (χ3n) is 7.57. The predicted octanol–water partition coefficient (Wildman–Crippen LogP) is 8.56. The Bertz CT molecular complexity index is 1190. The maximum atomic E-state index is 13.6. The van der Waals surface area contributed by atoms with Crippen molar-refractivity contribution >= 4 is 11.8 Å². The highest BCUT2D eigenvalue weighted by molar-refractivity contribution is 5.98. The summed E-state index contributed by atoms with van der Waals surface area (Å²) in [6.07, 6.45) is 0. The van der Waals surface area contributed by atoms with Crippen molar-refractivity contribution in [2.75, 3.05) is 0 Å². The number of hydrogen-bond acceptors (Lipinski definition) is 3. The Morgan fingerprint density at radius 1 is 0.500 bits per heavy atom. The molecule has 2 atom stereocenters. The highest BCUT2D eigenvalue weighted by atomic mass is 16.2. The van der Waals surface area contributed by atoms with Gasteiger partial charge in [0, 0.05) is 11.1 Å². The van der Waals surface area contributed by atoms with E-state index in [2.05, 4.69) is 66.0 Å². The minimum Gasteiger partial charge on any atom is -0.344 e. The van der Waals surface area contributed by atoms with Crippen molar-refractivity contribution in [2.45, 2.75) is 105 Å². The highest BCUT2D eigenvalue weighted by Gasteiger charge is 2.24. The van der Waals surface area contributed by atoms with Crippen molar-refractivity contribution in [1.82, 2.24) is 15.6 Å². The molecule has 1 heterocycles. The summed E-state index contributed by atoms with van der Waals surface area (Å²) in [5.74, 6) is 0.770. The normalized spacial score (nSPS) is 13.2. The van der Waals surface area contributed by atoms with Crippen LogP contribution < -0.4 is 10.6 Å². The summed E-state index contributed by atoms with van der Waals surface area (Å²) in [4.78, 5) is 32.0. The van der Waals surface area contributed by atoms with Crippen LogP contribution in [-0.4, -0.2) is 16.8 Å². The van der Waals surface area contributed by atoms with Gasteiger partial charge in [0.15, 0.2) is 0 Å². The number of carbonyl (C=O) groups is 2. The number of carbonyl (C=O) groups excluding carboxylic acids is 2. The fraction of sp³-hybridized carbons (Fsp3) is 0.457. The number of amides is 2. The van der Waals surface area contributed by atoms with Gasteiger partial charge in [-0.2, -0.15) is 0 Å². The molecule has 5 heteroatoms. The Labute approximate surface area is 241 Å². The van der Waals surface area contributed by atoms with Gasteiger partial charge in [0.25, 0.3) is 11.8 Å². The molecule has 2 N–H and O–H groups in total. The lowest BCUT2D eigenvalue weighted by Crippen LogP contribution is -2.31. The van der Waals surface area contributed by atoms with Crippen LogP contribution in [-0.2, 0) is 0 Å². The van der Waals surface area contributed by atoms with Gasteiger partial charge in [0.2, 0.25) is 0 Å². The van der Waals surface area contributed by atoms with Crippen molar-refractivity contribution in [3.8, 4) is 0 Å². The number of nitrogens with one attached hydrogen (secondary N) is 2. The summed E-state index contributed by atoms with van der Waals surface area (Å²) >= 11 is 0. The number of pyridine rings is 1. The van der Waals surface area contributed by atoms with E-state index < -0.39 is 0 Å². The molecule has 40 heavy (non-hydrogen) atoms. The van der Waals surface area contributed by atoms with E-state index >= 15 is 0 Å². The molecule has 0 aliphatic heterocycles. The summed E-state index contributed by atoms with van der Waals surface area (Å²) in [6, 6.07) is 17.4. The first-order valence-electron chi connectivity index (χ1n) is 14.7. The van der Waals surface area contributed by atoms with Crippen LogP contribution in [0.1, 0.15) is 159 Å². The Morgan fingerprint density at radius 2 is 0.775 bits per heavy atom. The van der Waals surface area contributed by atoms with Crippen molar-refractivity contribution in [1.29, 1.82) is 0 Å². The molecule has 0 saturated carbocycles.